The standard InChI is InChI=1S/C14H19Cl2NO/c1-9(11-8-10(15)6-7-12(11)16)17-13-4-2-3-5-14(13)18/h6-9,13-14,17-18H,2-5H2,1H3. The number of aliphatic hydroxyl groups excluding tert-OH is 1. The second kappa shape index (κ2) is 6.25. The normalized spacial score (nSPS) is 26.0. The molecular weight excluding hydrogens is 269 g/mol. The maximum atomic E-state index is 9.97. The van der Waals surface area contributed by atoms with Gasteiger partial charge in [0.25, 0.3) is 0 Å². The molecule has 1 aromatic carbocycles. The Morgan fingerprint density at radius 2 is 2.00 bits per heavy atom. The lowest BCUT2D eigenvalue weighted by Crippen LogP contribution is -2.43. The lowest BCUT2D eigenvalue weighted by molar-refractivity contribution is 0.0860. The largest absolute Gasteiger partial charge is 0.392 e. The molecule has 100 valence electrons. The van der Waals surface area contributed by atoms with Crippen molar-refractivity contribution >= 4 is 23.2 Å². The number of halogens is 2. The van der Waals surface area contributed by atoms with Crippen molar-refractivity contribution < 1.29 is 5.11 Å². The summed E-state index contributed by atoms with van der Waals surface area (Å²) >= 11 is 12.2. The van der Waals surface area contributed by atoms with Gasteiger partial charge in [-0.2, -0.15) is 0 Å². The molecule has 3 unspecified atom stereocenters. The molecule has 2 nitrogen and oxygen atoms in total. The van der Waals surface area contributed by atoms with Crippen molar-refractivity contribution in [1.82, 2.24) is 5.32 Å². The van der Waals surface area contributed by atoms with E-state index >= 15 is 0 Å². The lowest BCUT2D eigenvalue weighted by atomic mass is 9.91. The zero-order chi connectivity index (χ0) is 13.1. The number of hydrogen-bond acceptors (Lipinski definition) is 2. The Morgan fingerprint density at radius 1 is 1.28 bits per heavy atom. The molecule has 0 bridgehead atoms. The van der Waals surface area contributed by atoms with E-state index in [0.29, 0.717) is 10.0 Å². The van der Waals surface area contributed by atoms with Crippen molar-refractivity contribution in [3.8, 4) is 0 Å². The van der Waals surface area contributed by atoms with E-state index in [1.54, 1.807) is 6.07 Å². The van der Waals surface area contributed by atoms with Crippen LogP contribution in [0.1, 0.15) is 44.2 Å². The van der Waals surface area contributed by atoms with E-state index < -0.39 is 0 Å². The van der Waals surface area contributed by atoms with Crippen LogP contribution in [0.25, 0.3) is 0 Å². The summed E-state index contributed by atoms with van der Waals surface area (Å²) in [6, 6.07) is 5.74. The number of benzene rings is 1. The highest BCUT2D eigenvalue weighted by molar-refractivity contribution is 6.33. The van der Waals surface area contributed by atoms with Crippen LogP contribution >= 0.6 is 23.2 Å². The zero-order valence-corrected chi connectivity index (χ0v) is 12.0. The molecular formula is C14H19Cl2NO. The topological polar surface area (TPSA) is 32.3 Å². The van der Waals surface area contributed by atoms with Crippen molar-refractivity contribution in [3.63, 3.8) is 0 Å². The summed E-state index contributed by atoms with van der Waals surface area (Å²) in [5, 5.41) is 14.8. The summed E-state index contributed by atoms with van der Waals surface area (Å²) in [6.07, 6.45) is 3.94. The second-order valence-corrected chi connectivity index (χ2v) is 5.86. The molecule has 1 saturated carbocycles. The Morgan fingerprint density at radius 3 is 2.72 bits per heavy atom. The smallest absolute Gasteiger partial charge is 0.0693 e. The van der Waals surface area contributed by atoms with E-state index in [9.17, 15) is 5.11 Å². The first kappa shape index (κ1) is 14.1. The van der Waals surface area contributed by atoms with Crippen molar-refractivity contribution in [3.05, 3.63) is 33.8 Å². The van der Waals surface area contributed by atoms with Gasteiger partial charge in [-0.1, -0.05) is 36.0 Å². The summed E-state index contributed by atoms with van der Waals surface area (Å²) in [5.74, 6) is 0. The number of aliphatic hydroxyl groups is 1. The Kier molecular flexibility index (Phi) is 4.91. The molecule has 1 aromatic rings. The molecule has 0 aliphatic heterocycles. The zero-order valence-electron chi connectivity index (χ0n) is 10.5. The molecule has 0 amide bonds. The van der Waals surface area contributed by atoms with E-state index in [1.807, 2.05) is 12.1 Å². The highest BCUT2D eigenvalue weighted by Crippen LogP contribution is 2.28. The molecule has 0 aromatic heterocycles. The fraction of sp³-hybridized carbons (Fsp3) is 0.571. The minimum Gasteiger partial charge on any atom is -0.392 e. The van der Waals surface area contributed by atoms with Crippen LogP contribution < -0.4 is 5.32 Å². The van der Waals surface area contributed by atoms with E-state index in [0.717, 1.165) is 24.8 Å². The van der Waals surface area contributed by atoms with Crippen molar-refractivity contribution in [1.29, 1.82) is 0 Å². The lowest BCUT2D eigenvalue weighted by Gasteiger charge is -2.31. The van der Waals surface area contributed by atoms with Gasteiger partial charge in [0, 0.05) is 22.1 Å². The molecule has 1 aliphatic rings. The fourth-order valence-corrected chi connectivity index (χ4v) is 3.02. The van der Waals surface area contributed by atoms with E-state index in [2.05, 4.69) is 12.2 Å². The van der Waals surface area contributed by atoms with Gasteiger partial charge in [0.15, 0.2) is 0 Å². The average molecular weight is 288 g/mol. The Balaban J connectivity index is 2.06. The molecule has 1 aliphatic carbocycles. The van der Waals surface area contributed by atoms with Gasteiger partial charge in [0.05, 0.1) is 6.10 Å². The molecule has 1 fully saturated rings. The third-order valence-electron chi connectivity index (χ3n) is 3.62. The van der Waals surface area contributed by atoms with E-state index in [-0.39, 0.29) is 18.2 Å². The molecule has 2 N–H and O–H groups in total. The van der Waals surface area contributed by atoms with Gasteiger partial charge in [-0.05, 0) is 43.5 Å². The summed E-state index contributed by atoms with van der Waals surface area (Å²) in [7, 11) is 0. The van der Waals surface area contributed by atoms with Crippen LogP contribution in [0.5, 0.6) is 0 Å². The highest BCUT2D eigenvalue weighted by atomic mass is 35.5. The quantitative estimate of drug-likeness (QED) is 0.882. The maximum absolute atomic E-state index is 9.97. The Hall–Kier alpha value is -0.280. The first-order chi connectivity index (χ1) is 8.58. The molecule has 0 radical (unpaired) electrons. The maximum Gasteiger partial charge on any atom is 0.0693 e. The number of hydrogen-bond donors (Lipinski definition) is 2. The van der Waals surface area contributed by atoms with E-state index in [1.165, 1.54) is 6.42 Å². The van der Waals surface area contributed by atoms with Crippen molar-refractivity contribution in [2.75, 3.05) is 0 Å². The van der Waals surface area contributed by atoms with Gasteiger partial charge in [0.2, 0.25) is 0 Å². The molecule has 0 spiro atoms. The molecule has 4 heteroatoms. The van der Waals surface area contributed by atoms with Crippen LogP contribution in [0.2, 0.25) is 10.0 Å². The predicted molar refractivity (Wildman–Crippen MR) is 76.3 cm³/mol. The SMILES string of the molecule is CC(NC1CCCCC1O)c1cc(Cl)ccc1Cl. The second-order valence-electron chi connectivity index (χ2n) is 5.01. The first-order valence-corrected chi connectivity index (χ1v) is 7.22. The average Bonchev–Trinajstić information content (AvgIpc) is 2.35. The van der Waals surface area contributed by atoms with E-state index in [4.69, 9.17) is 23.2 Å². The minimum absolute atomic E-state index is 0.0916. The summed E-state index contributed by atoms with van der Waals surface area (Å²) < 4.78 is 0. The summed E-state index contributed by atoms with van der Waals surface area (Å²) in [4.78, 5) is 0. The Labute approximate surface area is 118 Å². The number of nitrogens with one attached hydrogen (secondary N) is 1. The van der Waals surface area contributed by atoms with Crippen LogP contribution in [0.4, 0.5) is 0 Å². The molecule has 0 saturated heterocycles. The predicted octanol–water partition coefficient (Wildman–Crippen LogP) is 3.95. The van der Waals surface area contributed by atoms with Crippen LogP contribution in [0.3, 0.4) is 0 Å². The molecule has 0 heterocycles. The van der Waals surface area contributed by atoms with Crippen molar-refractivity contribution in [2.24, 2.45) is 0 Å². The molecule has 3 atom stereocenters. The van der Waals surface area contributed by atoms with Gasteiger partial charge < -0.3 is 10.4 Å². The third-order valence-corrected chi connectivity index (χ3v) is 4.20. The highest BCUT2D eigenvalue weighted by Gasteiger charge is 2.25. The molecule has 18 heavy (non-hydrogen) atoms. The number of rotatable bonds is 3. The van der Waals surface area contributed by atoms with Crippen LogP contribution in [0.15, 0.2) is 18.2 Å². The van der Waals surface area contributed by atoms with Gasteiger partial charge in [-0.3, -0.25) is 0 Å². The fourth-order valence-electron chi connectivity index (χ4n) is 2.56. The monoisotopic (exact) mass is 287 g/mol. The minimum atomic E-state index is -0.251. The Bertz CT molecular complexity index is 411. The van der Waals surface area contributed by atoms with Gasteiger partial charge in [-0.15, -0.1) is 0 Å². The summed E-state index contributed by atoms with van der Waals surface area (Å²) in [5.41, 5.74) is 0.988. The third kappa shape index (κ3) is 3.39. The van der Waals surface area contributed by atoms with Crippen LogP contribution in [0, 0.1) is 0 Å². The first-order valence-electron chi connectivity index (χ1n) is 6.47. The summed E-state index contributed by atoms with van der Waals surface area (Å²) in [6.45, 7) is 2.05. The van der Waals surface area contributed by atoms with Crippen LogP contribution in [-0.2, 0) is 0 Å². The van der Waals surface area contributed by atoms with Crippen molar-refractivity contribution in [2.45, 2.75) is 50.8 Å². The van der Waals surface area contributed by atoms with Gasteiger partial charge >= 0.3 is 0 Å². The van der Waals surface area contributed by atoms with Gasteiger partial charge in [-0.25, -0.2) is 0 Å². The van der Waals surface area contributed by atoms with Crippen LogP contribution in [-0.4, -0.2) is 17.3 Å². The molecule has 2 rings (SSSR count). The van der Waals surface area contributed by atoms with Gasteiger partial charge in [0.1, 0.15) is 0 Å².